The maximum absolute atomic E-state index is 12.6. The summed E-state index contributed by atoms with van der Waals surface area (Å²) in [4.78, 5) is 0.322. The molecule has 0 atom stereocenters. The van der Waals surface area contributed by atoms with Gasteiger partial charge in [0.25, 0.3) is 0 Å². The lowest BCUT2D eigenvalue weighted by atomic mass is 10.2. The molecule has 0 fully saturated rings. The molecule has 0 saturated heterocycles. The van der Waals surface area contributed by atoms with Crippen molar-refractivity contribution in [2.75, 3.05) is 13.6 Å². The normalized spacial score (nSPS) is 12.4. The molecule has 0 radical (unpaired) electrons. The van der Waals surface area contributed by atoms with Crippen molar-refractivity contribution in [3.05, 3.63) is 28.2 Å². The summed E-state index contributed by atoms with van der Waals surface area (Å²) in [6.07, 6.45) is 0. The Morgan fingerprint density at radius 3 is 2.42 bits per heavy atom. The fourth-order valence-electron chi connectivity index (χ4n) is 2.01. The number of sulfonamides is 1. The highest BCUT2D eigenvalue weighted by Gasteiger charge is 2.27. The Bertz CT molecular complexity index is 529. The van der Waals surface area contributed by atoms with Crippen molar-refractivity contribution in [3.8, 4) is 0 Å². The zero-order valence-electron chi connectivity index (χ0n) is 11.8. The van der Waals surface area contributed by atoms with Crippen LogP contribution in [0.2, 0.25) is 0 Å². The molecule has 4 nitrogen and oxygen atoms in total. The molecule has 0 spiro atoms. The number of benzene rings is 1. The predicted octanol–water partition coefficient (Wildman–Crippen LogP) is 2.59. The van der Waals surface area contributed by atoms with E-state index in [0.29, 0.717) is 22.5 Å². The summed E-state index contributed by atoms with van der Waals surface area (Å²) in [5.74, 6) is 0. The van der Waals surface area contributed by atoms with E-state index in [1.807, 2.05) is 40.0 Å². The number of nitrogens with one attached hydrogen (secondary N) is 1. The van der Waals surface area contributed by atoms with Gasteiger partial charge in [-0.15, -0.1) is 0 Å². The molecule has 1 N–H and O–H groups in total. The molecule has 0 bridgehead atoms. The quantitative estimate of drug-likeness (QED) is 0.859. The van der Waals surface area contributed by atoms with Gasteiger partial charge in [0.1, 0.15) is 0 Å². The summed E-state index contributed by atoms with van der Waals surface area (Å²) < 4.78 is 27.3. The second-order valence-electron chi connectivity index (χ2n) is 4.60. The monoisotopic (exact) mass is 348 g/mol. The van der Waals surface area contributed by atoms with Gasteiger partial charge in [0.15, 0.2) is 0 Å². The molecular formula is C13H21BrN2O2S. The van der Waals surface area contributed by atoms with Crippen LogP contribution in [0.3, 0.4) is 0 Å². The van der Waals surface area contributed by atoms with Gasteiger partial charge in [-0.05, 0) is 54.5 Å². The smallest absolute Gasteiger partial charge is 0.244 e. The Hall–Kier alpha value is -0.430. The molecule has 1 rings (SSSR count). The van der Waals surface area contributed by atoms with Crippen molar-refractivity contribution >= 4 is 26.0 Å². The highest BCUT2D eigenvalue weighted by Crippen LogP contribution is 2.27. The summed E-state index contributed by atoms with van der Waals surface area (Å²) in [5, 5.41) is 3.04. The van der Waals surface area contributed by atoms with Crippen molar-refractivity contribution in [2.45, 2.75) is 38.3 Å². The maximum atomic E-state index is 12.6. The lowest BCUT2D eigenvalue weighted by Crippen LogP contribution is -2.36. The van der Waals surface area contributed by atoms with Gasteiger partial charge in [-0.2, -0.15) is 4.31 Å². The Morgan fingerprint density at radius 2 is 2.00 bits per heavy atom. The second-order valence-corrected chi connectivity index (χ2v) is 7.31. The van der Waals surface area contributed by atoms with Crippen LogP contribution in [0.4, 0.5) is 0 Å². The SMILES string of the molecule is CCN(C(C)C)S(=O)(=O)c1ccc(CNC)cc1Br. The Labute approximate surface area is 124 Å². The number of halogens is 1. The summed E-state index contributed by atoms with van der Waals surface area (Å²) in [6.45, 7) is 6.78. The number of hydrogen-bond acceptors (Lipinski definition) is 3. The number of nitrogens with zero attached hydrogens (tertiary/aromatic N) is 1. The van der Waals surface area contributed by atoms with Gasteiger partial charge in [-0.1, -0.05) is 13.0 Å². The largest absolute Gasteiger partial charge is 0.316 e. The molecule has 6 heteroatoms. The van der Waals surface area contributed by atoms with E-state index in [0.717, 1.165) is 5.56 Å². The summed E-state index contributed by atoms with van der Waals surface area (Å²) in [5.41, 5.74) is 1.04. The van der Waals surface area contributed by atoms with Crippen LogP contribution in [0.5, 0.6) is 0 Å². The molecule has 0 aliphatic carbocycles. The zero-order valence-corrected chi connectivity index (χ0v) is 14.2. The lowest BCUT2D eigenvalue weighted by molar-refractivity contribution is 0.369. The van der Waals surface area contributed by atoms with E-state index in [9.17, 15) is 8.42 Å². The first-order valence-electron chi connectivity index (χ1n) is 6.29. The molecule has 1 aromatic carbocycles. The van der Waals surface area contributed by atoms with Crippen LogP contribution in [0, 0.1) is 0 Å². The molecule has 19 heavy (non-hydrogen) atoms. The summed E-state index contributed by atoms with van der Waals surface area (Å²) in [6, 6.07) is 5.29. The molecule has 0 heterocycles. The fraction of sp³-hybridized carbons (Fsp3) is 0.538. The molecule has 0 unspecified atom stereocenters. The number of rotatable bonds is 6. The highest BCUT2D eigenvalue weighted by atomic mass is 79.9. The van der Waals surface area contributed by atoms with Crippen LogP contribution >= 0.6 is 15.9 Å². The average Bonchev–Trinajstić information content (AvgIpc) is 2.28. The third kappa shape index (κ3) is 3.78. The van der Waals surface area contributed by atoms with Crippen molar-refractivity contribution in [1.82, 2.24) is 9.62 Å². The third-order valence-electron chi connectivity index (χ3n) is 2.85. The first kappa shape index (κ1) is 16.6. The topological polar surface area (TPSA) is 49.4 Å². The first-order chi connectivity index (χ1) is 8.84. The summed E-state index contributed by atoms with van der Waals surface area (Å²) in [7, 11) is -1.59. The molecule has 0 aliphatic rings. The molecule has 0 aliphatic heterocycles. The highest BCUT2D eigenvalue weighted by molar-refractivity contribution is 9.10. The van der Waals surface area contributed by atoms with Crippen LogP contribution in [0.25, 0.3) is 0 Å². The van der Waals surface area contributed by atoms with Crippen LogP contribution in [0.15, 0.2) is 27.6 Å². The van der Waals surface area contributed by atoms with E-state index in [4.69, 9.17) is 0 Å². The minimum Gasteiger partial charge on any atom is -0.316 e. The van der Waals surface area contributed by atoms with Crippen LogP contribution in [-0.2, 0) is 16.6 Å². The minimum atomic E-state index is -3.45. The number of hydrogen-bond donors (Lipinski definition) is 1. The van der Waals surface area contributed by atoms with Crippen molar-refractivity contribution in [2.24, 2.45) is 0 Å². The molecule has 108 valence electrons. The standard InChI is InChI=1S/C13H21BrN2O2S/c1-5-16(10(2)3)19(17,18)13-7-6-11(9-15-4)8-12(13)14/h6-8,10,15H,5,9H2,1-4H3. The molecule has 1 aromatic rings. The van der Waals surface area contributed by atoms with Gasteiger partial charge in [0.2, 0.25) is 10.0 Å². The van der Waals surface area contributed by atoms with Crippen molar-refractivity contribution < 1.29 is 8.42 Å². The van der Waals surface area contributed by atoms with E-state index < -0.39 is 10.0 Å². The van der Waals surface area contributed by atoms with E-state index in [2.05, 4.69) is 21.2 Å². The summed E-state index contributed by atoms with van der Waals surface area (Å²) >= 11 is 3.37. The molecule has 0 amide bonds. The minimum absolute atomic E-state index is 0.0566. The van der Waals surface area contributed by atoms with Gasteiger partial charge in [0.05, 0.1) is 4.90 Å². The van der Waals surface area contributed by atoms with Gasteiger partial charge < -0.3 is 5.32 Å². The van der Waals surface area contributed by atoms with Crippen LogP contribution in [-0.4, -0.2) is 32.4 Å². The van der Waals surface area contributed by atoms with E-state index in [1.165, 1.54) is 4.31 Å². The van der Waals surface area contributed by atoms with Crippen molar-refractivity contribution in [1.29, 1.82) is 0 Å². The van der Waals surface area contributed by atoms with Crippen molar-refractivity contribution in [3.63, 3.8) is 0 Å². The van der Waals surface area contributed by atoms with Gasteiger partial charge >= 0.3 is 0 Å². The van der Waals surface area contributed by atoms with E-state index in [1.54, 1.807) is 6.07 Å². The molecular weight excluding hydrogens is 328 g/mol. The average molecular weight is 349 g/mol. The lowest BCUT2D eigenvalue weighted by Gasteiger charge is -2.25. The van der Waals surface area contributed by atoms with E-state index in [-0.39, 0.29) is 6.04 Å². The Kier molecular flexibility index (Phi) is 5.98. The van der Waals surface area contributed by atoms with Gasteiger partial charge in [-0.25, -0.2) is 8.42 Å². The first-order valence-corrected chi connectivity index (χ1v) is 8.52. The second kappa shape index (κ2) is 6.83. The van der Waals surface area contributed by atoms with Gasteiger partial charge in [-0.3, -0.25) is 0 Å². The Balaban J connectivity index is 3.22. The zero-order chi connectivity index (χ0) is 14.6. The molecule has 0 saturated carbocycles. The molecule has 0 aromatic heterocycles. The third-order valence-corrected chi connectivity index (χ3v) is 5.98. The fourth-order valence-corrected chi connectivity index (χ4v) is 4.74. The van der Waals surface area contributed by atoms with Crippen LogP contribution < -0.4 is 5.32 Å². The van der Waals surface area contributed by atoms with Crippen LogP contribution in [0.1, 0.15) is 26.3 Å². The van der Waals surface area contributed by atoms with E-state index >= 15 is 0 Å². The predicted molar refractivity (Wildman–Crippen MR) is 81.6 cm³/mol. The Morgan fingerprint density at radius 1 is 1.37 bits per heavy atom. The van der Waals surface area contributed by atoms with Gasteiger partial charge in [0, 0.05) is 23.6 Å². The maximum Gasteiger partial charge on any atom is 0.244 e.